The lowest BCUT2D eigenvalue weighted by Gasteiger charge is -2.40. The second-order valence-electron chi connectivity index (χ2n) is 14.0. The molecule has 1 heterocycles. The Bertz CT molecular complexity index is 1530. The monoisotopic (exact) mass is 659 g/mol. The maximum Gasteiger partial charge on any atom is 0.270 e. The van der Waals surface area contributed by atoms with E-state index in [1.807, 2.05) is 109 Å². The molecule has 0 unspecified atom stereocenters. The Morgan fingerprint density at radius 1 is 0.896 bits per heavy atom. The number of hydrogen-bond donors (Lipinski definition) is 4. The number of nitrogens with one attached hydrogen (secondary N) is 2. The van der Waals surface area contributed by atoms with Crippen LogP contribution in [-0.4, -0.2) is 69.4 Å². The number of carbonyl (C=O) groups excluding carboxylic acids is 4. The van der Waals surface area contributed by atoms with E-state index in [1.165, 1.54) is 0 Å². The number of aromatic nitrogens is 1. The summed E-state index contributed by atoms with van der Waals surface area (Å²) in [6.07, 6.45) is 0.290. The van der Waals surface area contributed by atoms with E-state index in [4.69, 9.17) is 5.73 Å². The van der Waals surface area contributed by atoms with Crippen molar-refractivity contribution in [2.45, 2.75) is 98.4 Å². The molecule has 3 aromatic rings. The number of aliphatic hydroxyl groups is 1. The highest BCUT2D eigenvalue weighted by Gasteiger charge is 2.39. The average Bonchev–Trinajstić information content (AvgIpc) is 3.04. The van der Waals surface area contributed by atoms with Crippen molar-refractivity contribution in [2.24, 2.45) is 23.0 Å². The van der Waals surface area contributed by atoms with Crippen LogP contribution in [0.5, 0.6) is 0 Å². The Morgan fingerprint density at radius 3 is 2.10 bits per heavy atom. The summed E-state index contributed by atoms with van der Waals surface area (Å²) in [5, 5.41) is 18.6. The maximum absolute atomic E-state index is 14.1. The van der Waals surface area contributed by atoms with Gasteiger partial charge in [0.25, 0.3) is 5.91 Å². The van der Waals surface area contributed by atoms with Gasteiger partial charge in [-0.3, -0.25) is 19.2 Å². The van der Waals surface area contributed by atoms with Crippen LogP contribution in [0, 0.1) is 17.3 Å². The average molecular weight is 660 g/mol. The van der Waals surface area contributed by atoms with Crippen LogP contribution in [0.2, 0.25) is 0 Å². The number of nitrogens with two attached hydrogens (primary N) is 1. The van der Waals surface area contributed by atoms with Crippen LogP contribution in [-0.2, 0) is 20.8 Å². The molecule has 0 aliphatic rings. The second kappa shape index (κ2) is 17.2. The molecule has 0 fully saturated rings. The zero-order chi connectivity index (χ0) is 35.6. The number of rotatable bonds is 16. The molecule has 260 valence electrons. The van der Waals surface area contributed by atoms with Gasteiger partial charge in [0.05, 0.1) is 23.6 Å². The highest BCUT2D eigenvalue weighted by atomic mass is 16.3. The molecular formula is C38H53N5O5. The number of hydrogen-bond acceptors (Lipinski definition) is 6. The molecule has 0 radical (unpaired) electrons. The first-order chi connectivity index (χ1) is 22.7. The minimum atomic E-state index is -1.17. The van der Waals surface area contributed by atoms with Crippen LogP contribution in [0.1, 0.15) is 83.8 Å². The molecule has 48 heavy (non-hydrogen) atoms. The van der Waals surface area contributed by atoms with Gasteiger partial charge in [-0.15, -0.1) is 0 Å². The van der Waals surface area contributed by atoms with Crippen molar-refractivity contribution in [3.63, 3.8) is 0 Å². The van der Waals surface area contributed by atoms with Crippen LogP contribution >= 0.6 is 0 Å². The molecule has 5 N–H and O–H groups in total. The van der Waals surface area contributed by atoms with Gasteiger partial charge in [-0.1, -0.05) is 103 Å². The molecule has 2 aromatic carbocycles. The Morgan fingerprint density at radius 2 is 1.52 bits per heavy atom. The predicted octanol–water partition coefficient (Wildman–Crippen LogP) is 4.63. The van der Waals surface area contributed by atoms with Crippen molar-refractivity contribution >= 4 is 34.5 Å². The predicted molar refractivity (Wildman–Crippen MR) is 189 cm³/mol. The quantitative estimate of drug-likeness (QED) is 0.176. The molecule has 4 atom stereocenters. The SMILES string of the molecule is CCC(CC)N(C[C@@H](O)[C@H](Cc1ccccc1)NC(=O)[C@@H](NC(=O)c1ccc2ccccc2n1)C(C)C)C(=O)[C@H](CC(N)=O)C(C)(C)C. The Hall–Kier alpha value is -4.31. The third kappa shape index (κ3) is 10.3. The molecule has 10 nitrogen and oxygen atoms in total. The van der Waals surface area contributed by atoms with Gasteiger partial charge in [0, 0.05) is 24.4 Å². The minimum Gasteiger partial charge on any atom is -0.389 e. The van der Waals surface area contributed by atoms with Crippen LogP contribution in [0.4, 0.5) is 0 Å². The third-order valence-corrected chi connectivity index (χ3v) is 8.96. The number of fused-ring (bicyclic) bond motifs is 1. The summed E-state index contributed by atoms with van der Waals surface area (Å²) in [5.41, 5.74) is 6.76. The van der Waals surface area contributed by atoms with Crippen LogP contribution in [0.15, 0.2) is 66.7 Å². The third-order valence-electron chi connectivity index (χ3n) is 8.96. The summed E-state index contributed by atoms with van der Waals surface area (Å²) in [7, 11) is 0. The summed E-state index contributed by atoms with van der Waals surface area (Å²) in [5.74, 6) is -2.73. The summed E-state index contributed by atoms with van der Waals surface area (Å²) in [6.45, 7) is 13.2. The van der Waals surface area contributed by atoms with Gasteiger partial charge in [0.15, 0.2) is 0 Å². The smallest absolute Gasteiger partial charge is 0.270 e. The summed E-state index contributed by atoms with van der Waals surface area (Å²) in [6, 6.07) is 18.5. The van der Waals surface area contributed by atoms with Gasteiger partial charge in [0.1, 0.15) is 11.7 Å². The van der Waals surface area contributed by atoms with Gasteiger partial charge in [0.2, 0.25) is 17.7 Å². The van der Waals surface area contributed by atoms with Crippen molar-refractivity contribution in [1.29, 1.82) is 0 Å². The Labute approximate surface area is 284 Å². The molecule has 0 aliphatic heterocycles. The van der Waals surface area contributed by atoms with Gasteiger partial charge in [-0.2, -0.15) is 0 Å². The molecular weight excluding hydrogens is 606 g/mol. The topological polar surface area (TPSA) is 155 Å². The fourth-order valence-electron chi connectivity index (χ4n) is 6.01. The molecule has 0 saturated carbocycles. The summed E-state index contributed by atoms with van der Waals surface area (Å²) < 4.78 is 0. The van der Waals surface area contributed by atoms with Crippen molar-refractivity contribution < 1.29 is 24.3 Å². The van der Waals surface area contributed by atoms with Crippen molar-refractivity contribution in [3.8, 4) is 0 Å². The number of benzene rings is 2. The zero-order valence-electron chi connectivity index (χ0n) is 29.4. The molecule has 1 aromatic heterocycles. The van der Waals surface area contributed by atoms with Crippen molar-refractivity contribution in [3.05, 3.63) is 78.0 Å². The van der Waals surface area contributed by atoms with Crippen LogP contribution in [0.25, 0.3) is 10.9 Å². The Balaban J connectivity index is 1.90. The number of para-hydroxylation sites is 1. The minimum absolute atomic E-state index is 0.0615. The summed E-state index contributed by atoms with van der Waals surface area (Å²) in [4.78, 5) is 59.5. The molecule has 0 saturated heterocycles. The summed E-state index contributed by atoms with van der Waals surface area (Å²) >= 11 is 0. The number of amides is 4. The van der Waals surface area contributed by atoms with Gasteiger partial charge >= 0.3 is 0 Å². The number of primary amides is 1. The normalized spacial score (nSPS) is 14.3. The van der Waals surface area contributed by atoms with Crippen LogP contribution in [0.3, 0.4) is 0 Å². The van der Waals surface area contributed by atoms with Gasteiger partial charge in [-0.25, -0.2) is 4.98 Å². The van der Waals surface area contributed by atoms with E-state index >= 15 is 0 Å². The second-order valence-corrected chi connectivity index (χ2v) is 14.0. The number of nitrogens with zero attached hydrogens (tertiary/aromatic N) is 2. The lowest BCUT2D eigenvalue weighted by Crippen LogP contribution is -2.58. The van der Waals surface area contributed by atoms with Crippen molar-refractivity contribution in [2.75, 3.05) is 6.54 Å². The zero-order valence-corrected chi connectivity index (χ0v) is 29.4. The molecule has 0 bridgehead atoms. The van der Waals surface area contributed by atoms with E-state index in [2.05, 4.69) is 15.6 Å². The van der Waals surface area contributed by atoms with E-state index in [9.17, 15) is 24.3 Å². The Kier molecular flexibility index (Phi) is 13.7. The number of pyridine rings is 1. The number of carbonyl (C=O) groups is 4. The van der Waals surface area contributed by atoms with Crippen LogP contribution < -0.4 is 16.4 Å². The standard InChI is InChI=1S/C38H53N5O5/c1-8-27(9-2)43(37(48)28(22-33(39)45)38(5,6)7)23-32(44)31(21-25-15-11-10-12-16-25)41-36(47)34(24(3)4)42-35(46)30-20-19-26-17-13-14-18-29(26)40-30/h10-20,24,27-28,31-32,34,44H,8-9,21-23H2,1-7H3,(H2,39,45)(H,41,47)(H,42,46)/t28-,31-,32+,34-/m0/s1. The largest absolute Gasteiger partial charge is 0.389 e. The van der Waals surface area contributed by atoms with E-state index < -0.39 is 47.2 Å². The first-order valence-corrected chi connectivity index (χ1v) is 16.9. The van der Waals surface area contributed by atoms with Gasteiger partial charge < -0.3 is 26.4 Å². The first-order valence-electron chi connectivity index (χ1n) is 16.9. The number of aliphatic hydroxyl groups excluding tert-OH is 1. The van der Waals surface area contributed by atoms with E-state index in [0.29, 0.717) is 18.4 Å². The molecule has 0 spiro atoms. The van der Waals surface area contributed by atoms with Gasteiger partial charge in [-0.05, 0) is 48.3 Å². The van der Waals surface area contributed by atoms with E-state index in [0.717, 1.165) is 10.9 Å². The molecule has 0 aliphatic carbocycles. The van der Waals surface area contributed by atoms with E-state index in [1.54, 1.807) is 11.0 Å². The maximum atomic E-state index is 14.1. The molecule has 4 amide bonds. The molecule has 10 heteroatoms. The molecule has 3 rings (SSSR count). The fraction of sp³-hybridized carbons (Fsp3) is 0.500. The van der Waals surface area contributed by atoms with Crippen molar-refractivity contribution in [1.82, 2.24) is 20.5 Å². The van der Waals surface area contributed by atoms with E-state index in [-0.39, 0.29) is 42.9 Å². The lowest BCUT2D eigenvalue weighted by molar-refractivity contribution is -0.146. The highest BCUT2D eigenvalue weighted by molar-refractivity contribution is 5.98. The first kappa shape index (κ1) is 38.1. The highest BCUT2D eigenvalue weighted by Crippen LogP contribution is 2.32. The fourth-order valence-corrected chi connectivity index (χ4v) is 6.01. The lowest BCUT2D eigenvalue weighted by atomic mass is 9.77.